The van der Waals surface area contributed by atoms with Gasteiger partial charge in [-0.25, -0.2) is 4.98 Å². The summed E-state index contributed by atoms with van der Waals surface area (Å²) in [6, 6.07) is 8.50. The van der Waals surface area contributed by atoms with Gasteiger partial charge >= 0.3 is 0 Å². The van der Waals surface area contributed by atoms with Crippen molar-refractivity contribution in [1.29, 1.82) is 0 Å². The van der Waals surface area contributed by atoms with Gasteiger partial charge in [-0.3, -0.25) is 0 Å². The molecule has 0 unspecified atom stereocenters. The fourth-order valence-corrected chi connectivity index (χ4v) is 2.07. The highest BCUT2D eigenvalue weighted by Crippen LogP contribution is 2.17. The molecule has 0 fully saturated rings. The van der Waals surface area contributed by atoms with Gasteiger partial charge in [0.25, 0.3) is 0 Å². The predicted molar refractivity (Wildman–Crippen MR) is 79.5 cm³/mol. The normalized spacial score (nSPS) is 11.8. The molecule has 0 saturated carbocycles. The number of aryl methyl sites for hydroxylation is 1. The van der Waals surface area contributed by atoms with Crippen molar-refractivity contribution in [2.75, 3.05) is 0 Å². The van der Waals surface area contributed by atoms with E-state index in [2.05, 4.69) is 66.8 Å². The molecule has 0 spiro atoms. The van der Waals surface area contributed by atoms with Crippen LogP contribution in [0.5, 0.6) is 0 Å². The third kappa shape index (κ3) is 3.44. The van der Waals surface area contributed by atoms with E-state index in [1.54, 1.807) is 0 Å². The minimum atomic E-state index is 0.110. The van der Waals surface area contributed by atoms with Gasteiger partial charge in [-0.15, -0.1) is 0 Å². The second-order valence-electron chi connectivity index (χ2n) is 5.84. The number of hydrogen-bond acceptors (Lipinski definition) is 2. The Morgan fingerprint density at radius 2 is 1.95 bits per heavy atom. The molecule has 0 aliphatic carbocycles. The Morgan fingerprint density at radius 1 is 1.21 bits per heavy atom. The third-order valence-electron chi connectivity index (χ3n) is 3.15. The van der Waals surface area contributed by atoms with E-state index in [-0.39, 0.29) is 5.54 Å². The van der Waals surface area contributed by atoms with E-state index in [0.29, 0.717) is 0 Å². The van der Waals surface area contributed by atoms with Gasteiger partial charge in [0, 0.05) is 24.0 Å². The number of nitrogens with zero attached hydrogens (tertiary/aromatic N) is 2. The molecule has 0 saturated heterocycles. The smallest absolute Gasteiger partial charge is 0.0994 e. The van der Waals surface area contributed by atoms with Crippen LogP contribution in [0.4, 0.5) is 0 Å². The summed E-state index contributed by atoms with van der Waals surface area (Å²) in [4.78, 5) is 4.30. The molecular formula is C16H23N3. The van der Waals surface area contributed by atoms with Crippen LogP contribution in [0, 0.1) is 0 Å². The van der Waals surface area contributed by atoms with Crippen molar-refractivity contribution in [3.05, 3.63) is 48.0 Å². The highest BCUT2D eigenvalue weighted by molar-refractivity contribution is 5.42. The minimum Gasteiger partial charge on any atom is -0.306 e. The van der Waals surface area contributed by atoms with Crippen LogP contribution in [0.25, 0.3) is 5.69 Å². The largest absolute Gasteiger partial charge is 0.306 e. The van der Waals surface area contributed by atoms with E-state index in [4.69, 9.17) is 0 Å². The Morgan fingerprint density at radius 3 is 2.63 bits per heavy atom. The first-order valence-corrected chi connectivity index (χ1v) is 6.86. The van der Waals surface area contributed by atoms with Crippen LogP contribution in [0.15, 0.2) is 36.8 Å². The molecule has 0 aliphatic rings. The van der Waals surface area contributed by atoms with Crippen molar-refractivity contribution >= 4 is 0 Å². The molecule has 3 heteroatoms. The molecule has 0 radical (unpaired) electrons. The van der Waals surface area contributed by atoms with Crippen LogP contribution in [0.1, 0.15) is 39.0 Å². The van der Waals surface area contributed by atoms with Crippen molar-refractivity contribution in [3.8, 4) is 5.69 Å². The van der Waals surface area contributed by atoms with Crippen molar-refractivity contribution < 1.29 is 0 Å². The van der Waals surface area contributed by atoms with Crippen LogP contribution < -0.4 is 5.32 Å². The van der Waals surface area contributed by atoms with E-state index in [1.807, 2.05) is 12.5 Å². The quantitative estimate of drug-likeness (QED) is 0.910. The van der Waals surface area contributed by atoms with Crippen LogP contribution in [-0.2, 0) is 13.0 Å². The van der Waals surface area contributed by atoms with Gasteiger partial charge in [0.05, 0.1) is 12.0 Å². The molecule has 1 aromatic carbocycles. The summed E-state index contributed by atoms with van der Waals surface area (Å²) in [7, 11) is 0. The molecule has 2 rings (SSSR count). The van der Waals surface area contributed by atoms with E-state index in [9.17, 15) is 0 Å². The number of imidazole rings is 1. The van der Waals surface area contributed by atoms with Gasteiger partial charge in [0.15, 0.2) is 0 Å². The number of hydrogen-bond donors (Lipinski definition) is 1. The van der Waals surface area contributed by atoms with E-state index < -0.39 is 0 Å². The number of para-hydroxylation sites is 1. The molecular weight excluding hydrogens is 234 g/mol. The number of nitrogens with one attached hydrogen (secondary N) is 1. The standard InChI is InChI=1S/C16H23N3/c1-5-13-8-6-7-9-15(13)19-12-17-10-14(19)11-18-16(2,3)4/h6-10,12,18H,5,11H2,1-4H3. The van der Waals surface area contributed by atoms with E-state index in [1.165, 1.54) is 16.9 Å². The predicted octanol–water partition coefficient (Wildman–Crippen LogP) is 3.32. The zero-order chi connectivity index (χ0) is 13.9. The van der Waals surface area contributed by atoms with Gasteiger partial charge in [-0.05, 0) is 38.8 Å². The molecule has 0 amide bonds. The van der Waals surface area contributed by atoms with Crippen molar-refractivity contribution in [2.45, 2.75) is 46.2 Å². The Balaban J connectivity index is 2.29. The SMILES string of the molecule is CCc1ccccc1-n1cncc1CNC(C)(C)C. The lowest BCUT2D eigenvalue weighted by atomic mass is 10.1. The molecule has 0 aliphatic heterocycles. The van der Waals surface area contributed by atoms with Crippen LogP contribution in [0.3, 0.4) is 0 Å². The first kappa shape index (κ1) is 13.8. The lowest BCUT2D eigenvalue weighted by molar-refractivity contribution is 0.419. The van der Waals surface area contributed by atoms with E-state index in [0.717, 1.165) is 13.0 Å². The average molecular weight is 257 g/mol. The highest BCUT2D eigenvalue weighted by Gasteiger charge is 2.12. The monoisotopic (exact) mass is 257 g/mol. The lowest BCUT2D eigenvalue weighted by Gasteiger charge is -2.21. The molecule has 3 nitrogen and oxygen atoms in total. The number of rotatable bonds is 4. The maximum Gasteiger partial charge on any atom is 0.0994 e. The third-order valence-corrected chi connectivity index (χ3v) is 3.15. The molecule has 1 heterocycles. The second-order valence-corrected chi connectivity index (χ2v) is 5.84. The average Bonchev–Trinajstić information content (AvgIpc) is 2.83. The molecule has 1 aromatic heterocycles. The second kappa shape index (κ2) is 5.57. The zero-order valence-electron chi connectivity index (χ0n) is 12.3. The summed E-state index contributed by atoms with van der Waals surface area (Å²) in [5, 5.41) is 3.51. The van der Waals surface area contributed by atoms with Crippen LogP contribution >= 0.6 is 0 Å². The summed E-state index contributed by atoms with van der Waals surface area (Å²) in [6.45, 7) is 9.53. The summed E-state index contributed by atoms with van der Waals surface area (Å²) < 4.78 is 2.18. The van der Waals surface area contributed by atoms with Crippen molar-refractivity contribution in [2.24, 2.45) is 0 Å². The molecule has 0 atom stereocenters. The molecule has 19 heavy (non-hydrogen) atoms. The Hall–Kier alpha value is -1.61. The maximum atomic E-state index is 4.30. The summed E-state index contributed by atoms with van der Waals surface area (Å²) >= 11 is 0. The minimum absolute atomic E-state index is 0.110. The Bertz CT molecular complexity index is 535. The Kier molecular flexibility index (Phi) is 4.05. The van der Waals surface area contributed by atoms with Crippen LogP contribution in [0.2, 0.25) is 0 Å². The fourth-order valence-electron chi connectivity index (χ4n) is 2.07. The number of aromatic nitrogens is 2. The molecule has 0 bridgehead atoms. The molecule has 2 aromatic rings. The fraction of sp³-hybridized carbons (Fsp3) is 0.438. The summed E-state index contributed by atoms with van der Waals surface area (Å²) in [6.07, 6.45) is 4.86. The topological polar surface area (TPSA) is 29.9 Å². The molecule has 1 N–H and O–H groups in total. The number of benzene rings is 1. The first-order chi connectivity index (χ1) is 9.01. The van der Waals surface area contributed by atoms with E-state index >= 15 is 0 Å². The first-order valence-electron chi connectivity index (χ1n) is 6.86. The summed E-state index contributed by atoms with van der Waals surface area (Å²) in [5.41, 5.74) is 3.88. The molecule has 102 valence electrons. The van der Waals surface area contributed by atoms with Gasteiger partial charge in [-0.2, -0.15) is 0 Å². The van der Waals surface area contributed by atoms with Gasteiger partial charge in [-0.1, -0.05) is 25.1 Å². The summed E-state index contributed by atoms with van der Waals surface area (Å²) in [5.74, 6) is 0. The van der Waals surface area contributed by atoms with Gasteiger partial charge in [0.1, 0.15) is 0 Å². The zero-order valence-corrected chi connectivity index (χ0v) is 12.3. The lowest BCUT2D eigenvalue weighted by Crippen LogP contribution is -2.35. The van der Waals surface area contributed by atoms with Crippen molar-refractivity contribution in [3.63, 3.8) is 0 Å². The van der Waals surface area contributed by atoms with Gasteiger partial charge < -0.3 is 9.88 Å². The Labute approximate surface area is 115 Å². The highest BCUT2D eigenvalue weighted by atomic mass is 15.1. The van der Waals surface area contributed by atoms with Gasteiger partial charge in [0.2, 0.25) is 0 Å². The van der Waals surface area contributed by atoms with Crippen molar-refractivity contribution in [1.82, 2.24) is 14.9 Å². The van der Waals surface area contributed by atoms with Crippen LogP contribution in [-0.4, -0.2) is 15.1 Å². The maximum absolute atomic E-state index is 4.30.